The molecule has 0 radical (unpaired) electrons. The van der Waals surface area contributed by atoms with Crippen molar-refractivity contribution in [1.82, 2.24) is 4.98 Å². The van der Waals surface area contributed by atoms with Gasteiger partial charge >= 0.3 is 5.69 Å². The molecule has 1 aromatic heterocycles. The number of rotatable bonds is 5. The summed E-state index contributed by atoms with van der Waals surface area (Å²) in [6.07, 6.45) is 6.94. The van der Waals surface area contributed by atoms with Crippen LogP contribution in [0.25, 0.3) is 0 Å². The van der Waals surface area contributed by atoms with E-state index in [1.54, 1.807) is 0 Å². The third-order valence-corrected chi connectivity index (χ3v) is 3.88. The first-order chi connectivity index (χ1) is 9.99. The summed E-state index contributed by atoms with van der Waals surface area (Å²) in [4.78, 5) is 17.0. The van der Waals surface area contributed by atoms with Crippen LogP contribution in [-0.4, -0.2) is 27.6 Å². The molecule has 116 valence electrons. The maximum atomic E-state index is 11.3. The lowest BCUT2D eigenvalue weighted by molar-refractivity contribution is -0.384. The molecule has 0 bridgehead atoms. The van der Waals surface area contributed by atoms with Gasteiger partial charge in [-0.05, 0) is 18.8 Å². The summed E-state index contributed by atoms with van der Waals surface area (Å²) < 4.78 is 0. The van der Waals surface area contributed by atoms with Crippen molar-refractivity contribution in [2.24, 2.45) is 5.92 Å². The molecule has 21 heavy (non-hydrogen) atoms. The fourth-order valence-corrected chi connectivity index (χ4v) is 2.99. The van der Waals surface area contributed by atoms with Crippen LogP contribution in [0.5, 0.6) is 5.75 Å². The molecule has 2 rings (SSSR count). The lowest BCUT2D eigenvalue weighted by Gasteiger charge is -2.36. The molecule has 0 aliphatic heterocycles. The van der Waals surface area contributed by atoms with E-state index in [9.17, 15) is 15.2 Å². The first-order valence-corrected chi connectivity index (χ1v) is 7.59. The Kier molecular flexibility index (Phi) is 4.98. The second-order valence-corrected chi connectivity index (χ2v) is 6.13. The number of nitrogens with zero attached hydrogens (tertiary/aromatic N) is 3. The first kappa shape index (κ1) is 15.5. The van der Waals surface area contributed by atoms with Crippen molar-refractivity contribution in [2.75, 3.05) is 11.4 Å². The molecular formula is C15H23N3O3. The zero-order chi connectivity index (χ0) is 15.4. The van der Waals surface area contributed by atoms with Crippen LogP contribution >= 0.6 is 0 Å². The van der Waals surface area contributed by atoms with E-state index in [0.29, 0.717) is 17.8 Å². The van der Waals surface area contributed by atoms with E-state index >= 15 is 0 Å². The highest BCUT2D eigenvalue weighted by molar-refractivity contribution is 5.60. The van der Waals surface area contributed by atoms with Gasteiger partial charge in [-0.2, -0.15) is 0 Å². The van der Waals surface area contributed by atoms with Gasteiger partial charge in [0.2, 0.25) is 5.82 Å². The highest BCUT2D eigenvalue weighted by Crippen LogP contribution is 2.34. The van der Waals surface area contributed by atoms with Gasteiger partial charge in [0, 0.05) is 12.6 Å². The van der Waals surface area contributed by atoms with Gasteiger partial charge in [-0.1, -0.05) is 33.1 Å². The van der Waals surface area contributed by atoms with Gasteiger partial charge in [0.25, 0.3) is 0 Å². The zero-order valence-electron chi connectivity index (χ0n) is 12.7. The Morgan fingerprint density at radius 2 is 2.10 bits per heavy atom. The molecule has 1 aliphatic carbocycles. The summed E-state index contributed by atoms with van der Waals surface area (Å²) in [6, 6.07) is 1.50. The third kappa shape index (κ3) is 3.83. The van der Waals surface area contributed by atoms with Gasteiger partial charge in [-0.25, -0.2) is 4.98 Å². The van der Waals surface area contributed by atoms with Gasteiger partial charge in [-0.15, -0.1) is 0 Å². The van der Waals surface area contributed by atoms with Crippen LogP contribution in [0.4, 0.5) is 11.5 Å². The maximum Gasteiger partial charge on any atom is 0.315 e. The molecule has 6 nitrogen and oxygen atoms in total. The molecule has 0 spiro atoms. The summed E-state index contributed by atoms with van der Waals surface area (Å²) >= 11 is 0. The van der Waals surface area contributed by atoms with Crippen LogP contribution in [0.2, 0.25) is 0 Å². The first-order valence-electron chi connectivity index (χ1n) is 7.59. The van der Waals surface area contributed by atoms with Crippen LogP contribution in [0, 0.1) is 16.0 Å². The van der Waals surface area contributed by atoms with Crippen LogP contribution < -0.4 is 4.90 Å². The zero-order valence-corrected chi connectivity index (χ0v) is 12.7. The summed E-state index contributed by atoms with van der Waals surface area (Å²) in [5.41, 5.74) is -0.110. The standard InChI is InChI=1S/C15H23N3O3/c1-11(2)10-17(12-6-4-3-5-7-12)15-14(18(20)21)8-13(19)9-16-15/h8-9,11-12,19H,3-7,10H2,1-2H3. The lowest BCUT2D eigenvalue weighted by Crippen LogP contribution is -2.40. The van der Waals surface area contributed by atoms with E-state index in [1.807, 2.05) is 0 Å². The summed E-state index contributed by atoms with van der Waals surface area (Å²) in [7, 11) is 0. The van der Waals surface area contributed by atoms with E-state index in [2.05, 4.69) is 23.7 Å². The molecule has 0 saturated heterocycles. The molecule has 1 aromatic rings. The minimum atomic E-state index is -0.460. The van der Waals surface area contributed by atoms with E-state index in [4.69, 9.17) is 0 Å². The molecule has 0 atom stereocenters. The molecule has 1 fully saturated rings. The number of anilines is 1. The number of pyridine rings is 1. The molecule has 1 N–H and O–H groups in total. The largest absolute Gasteiger partial charge is 0.506 e. The minimum absolute atomic E-state index is 0.110. The van der Waals surface area contributed by atoms with Crippen LogP contribution in [-0.2, 0) is 0 Å². The van der Waals surface area contributed by atoms with Crippen LogP contribution in [0.1, 0.15) is 46.0 Å². The maximum absolute atomic E-state index is 11.3. The van der Waals surface area contributed by atoms with Gasteiger partial charge < -0.3 is 10.0 Å². The van der Waals surface area contributed by atoms with Crippen molar-refractivity contribution < 1.29 is 10.0 Å². The van der Waals surface area contributed by atoms with Gasteiger partial charge in [0.05, 0.1) is 17.2 Å². The van der Waals surface area contributed by atoms with Crippen molar-refractivity contribution in [3.8, 4) is 5.75 Å². The van der Waals surface area contributed by atoms with Gasteiger partial charge in [-0.3, -0.25) is 10.1 Å². The number of nitro groups is 1. The highest BCUT2D eigenvalue weighted by atomic mass is 16.6. The van der Waals surface area contributed by atoms with E-state index in [1.165, 1.54) is 18.7 Å². The fraction of sp³-hybridized carbons (Fsp3) is 0.667. The molecule has 0 aromatic carbocycles. The molecule has 0 amide bonds. The Labute approximate surface area is 125 Å². The number of aromatic nitrogens is 1. The second kappa shape index (κ2) is 6.74. The molecular weight excluding hydrogens is 270 g/mol. The lowest BCUT2D eigenvalue weighted by atomic mass is 9.93. The average molecular weight is 293 g/mol. The van der Waals surface area contributed by atoms with Crippen molar-refractivity contribution in [2.45, 2.75) is 52.0 Å². The van der Waals surface area contributed by atoms with Gasteiger partial charge in [0.1, 0.15) is 5.75 Å². The predicted molar refractivity (Wildman–Crippen MR) is 81.6 cm³/mol. The Morgan fingerprint density at radius 1 is 1.43 bits per heavy atom. The average Bonchev–Trinajstić information content (AvgIpc) is 2.45. The highest BCUT2D eigenvalue weighted by Gasteiger charge is 2.29. The Morgan fingerprint density at radius 3 is 2.67 bits per heavy atom. The molecule has 6 heteroatoms. The Bertz CT molecular complexity index is 499. The van der Waals surface area contributed by atoms with Crippen molar-refractivity contribution in [3.05, 3.63) is 22.4 Å². The fourth-order valence-electron chi connectivity index (χ4n) is 2.99. The number of aromatic hydroxyl groups is 1. The SMILES string of the molecule is CC(C)CN(c1ncc(O)cc1[N+](=O)[O-])C1CCCCC1. The molecule has 0 unspecified atom stereocenters. The van der Waals surface area contributed by atoms with Crippen molar-refractivity contribution in [3.63, 3.8) is 0 Å². The minimum Gasteiger partial charge on any atom is -0.506 e. The number of hydrogen-bond acceptors (Lipinski definition) is 5. The monoisotopic (exact) mass is 293 g/mol. The second-order valence-electron chi connectivity index (χ2n) is 6.13. The number of hydrogen-bond donors (Lipinski definition) is 1. The normalized spacial score (nSPS) is 16.1. The summed E-state index contributed by atoms with van der Waals surface area (Å²) in [5, 5.41) is 20.7. The van der Waals surface area contributed by atoms with E-state index in [0.717, 1.165) is 32.2 Å². The quantitative estimate of drug-likeness (QED) is 0.664. The Hall–Kier alpha value is -1.85. The van der Waals surface area contributed by atoms with Crippen molar-refractivity contribution >= 4 is 11.5 Å². The molecule has 1 aliphatic rings. The molecule has 1 heterocycles. The van der Waals surface area contributed by atoms with E-state index in [-0.39, 0.29) is 11.4 Å². The smallest absolute Gasteiger partial charge is 0.315 e. The van der Waals surface area contributed by atoms with Crippen LogP contribution in [0.3, 0.4) is 0 Å². The topological polar surface area (TPSA) is 79.5 Å². The van der Waals surface area contributed by atoms with Gasteiger partial charge in [0.15, 0.2) is 0 Å². The summed E-state index contributed by atoms with van der Waals surface area (Å²) in [6.45, 7) is 4.94. The molecule has 1 saturated carbocycles. The third-order valence-electron chi connectivity index (χ3n) is 3.88. The predicted octanol–water partition coefficient (Wildman–Crippen LogP) is 3.49. The summed E-state index contributed by atoms with van der Waals surface area (Å²) in [5.74, 6) is 0.610. The Balaban J connectivity index is 2.37. The van der Waals surface area contributed by atoms with Crippen LogP contribution in [0.15, 0.2) is 12.3 Å². The van der Waals surface area contributed by atoms with Crippen molar-refractivity contribution in [1.29, 1.82) is 0 Å². The van der Waals surface area contributed by atoms with E-state index < -0.39 is 4.92 Å².